The fourth-order valence-electron chi connectivity index (χ4n) is 4.29. The van der Waals surface area contributed by atoms with Gasteiger partial charge in [0.1, 0.15) is 6.54 Å². The lowest BCUT2D eigenvalue weighted by atomic mass is 10.1. The van der Waals surface area contributed by atoms with Gasteiger partial charge in [0.05, 0.1) is 30.9 Å². The summed E-state index contributed by atoms with van der Waals surface area (Å²) >= 11 is 0. The van der Waals surface area contributed by atoms with Crippen molar-refractivity contribution in [2.45, 2.75) is 13.5 Å². The first kappa shape index (κ1) is 22.6. The summed E-state index contributed by atoms with van der Waals surface area (Å²) in [5.74, 6) is 1.33. The summed E-state index contributed by atoms with van der Waals surface area (Å²) in [6.45, 7) is 4.84. The van der Waals surface area contributed by atoms with Gasteiger partial charge in [0, 0.05) is 31.7 Å². The molecule has 0 saturated carbocycles. The van der Waals surface area contributed by atoms with Gasteiger partial charge in [0.25, 0.3) is 0 Å². The Morgan fingerprint density at radius 2 is 1.63 bits per heavy atom. The van der Waals surface area contributed by atoms with Crippen molar-refractivity contribution in [1.82, 2.24) is 24.6 Å². The van der Waals surface area contributed by atoms with Gasteiger partial charge in [-0.05, 0) is 24.6 Å². The number of anilines is 1. The molecule has 178 valence electrons. The second-order valence-electron chi connectivity index (χ2n) is 8.60. The van der Waals surface area contributed by atoms with E-state index < -0.39 is 0 Å². The number of carbonyl (C=O) groups excluding carboxylic acids is 1. The predicted octanol–water partition coefficient (Wildman–Crippen LogP) is 3.67. The van der Waals surface area contributed by atoms with Gasteiger partial charge in [0.2, 0.25) is 11.9 Å². The minimum absolute atomic E-state index is 0.0522. The maximum atomic E-state index is 13.3. The molecule has 0 radical (unpaired) electrons. The Hall–Kier alpha value is -4.20. The van der Waals surface area contributed by atoms with Crippen LogP contribution in [0.4, 0.5) is 5.95 Å². The Kier molecular flexibility index (Phi) is 6.43. The van der Waals surface area contributed by atoms with Crippen LogP contribution in [0, 0.1) is 6.92 Å². The molecular formula is C27H28N6O2. The largest absolute Gasteiger partial charge is 0.494 e. The number of benzene rings is 2. The van der Waals surface area contributed by atoms with E-state index in [2.05, 4.69) is 46.1 Å². The van der Waals surface area contributed by atoms with E-state index in [0.29, 0.717) is 37.9 Å². The highest BCUT2D eigenvalue weighted by Gasteiger charge is 2.24. The van der Waals surface area contributed by atoms with Crippen LogP contribution in [-0.4, -0.2) is 63.8 Å². The molecule has 0 unspecified atom stereocenters. The summed E-state index contributed by atoms with van der Waals surface area (Å²) in [5.41, 5.74) is 5.05. The first-order valence-corrected chi connectivity index (χ1v) is 11.7. The average Bonchev–Trinajstić information content (AvgIpc) is 3.33. The molecule has 35 heavy (non-hydrogen) atoms. The summed E-state index contributed by atoms with van der Waals surface area (Å²) in [7, 11) is 1.59. The molecule has 1 fully saturated rings. The highest BCUT2D eigenvalue weighted by atomic mass is 16.5. The van der Waals surface area contributed by atoms with Gasteiger partial charge in [-0.1, -0.05) is 54.1 Å². The lowest BCUT2D eigenvalue weighted by Gasteiger charge is -2.34. The summed E-state index contributed by atoms with van der Waals surface area (Å²) < 4.78 is 6.96. The molecule has 2 aromatic heterocycles. The van der Waals surface area contributed by atoms with Gasteiger partial charge in [0.15, 0.2) is 5.75 Å². The molecule has 8 heteroatoms. The Labute approximate surface area is 204 Å². The number of ether oxygens (including phenoxy) is 1. The summed E-state index contributed by atoms with van der Waals surface area (Å²) in [4.78, 5) is 26.0. The van der Waals surface area contributed by atoms with E-state index in [1.54, 1.807) is 19.5 Å². The SMILES string of the molecule is COc1cnc(N2CCN(C(=O)Cn3nc(-c4cccc(C)c4)cc3-c3ccccc3)CC2)nc1. The van der Waals surface area contributed by atoms with E-state index in [1.165, 1.54) is 5.56 Å². The van der Waals surface area contributed by atoms with Crippen molar-refractivity contribution in [3.8, 4) is 28.3 Å². The maximum absolute atomic E-state index is 13.3. The molecule has 5 rings (SSSR count). The Morgan fingerprint density at radius 3 is 2.31 bits per heavy atom. The van der Waals surface area contributed by atoms with Gasteiger partial charge in [-0.3, -0.25) is 9.48 Å². The van der Waals surface area contributed by atoms with Crippen LogP contribution in [0.1, 0.15) is 5.56 Å². The van der Waals surface area contributed by atoms with Crippen LogP contribution >= 0.6 is 0 Å². The van der Waals surface area contributed by atoms with Crippen LogP contribution in [0.3, 0.4) is 0 Å². The van der Waals surface area contributed by atoms with Crippen molar-refractivity contribution in [2.75, 3.05) is 38.2 Å². The average molecular weight is 469 g/mol. The van der Waals surface area contributed by atoms with E-state index in [4.69, 9.17) is 9.84 Å². The number of nitrogens with zero attached hydrogens (tertiary/aromatic N) is 6. The smallest absolute Gasteiger partial charge is 0.244 e. The molecule has 8 nitrogen and oxygen atoms in total. The topological polar surface area (TPSA) is 76.4 Å². The minimum atomic E-state index is 0.0522. The standard InChI is InChI=1S/C27H28N6O2/c1-20-7-6-10-22(15-20)24-16-25(21-8-4-3-5-9-21)33(30-24)19-26(34)31-11-13-32(14-12-31)27-28-17-23(35-2)18-29-27/h3-10,15-18H,11-14,19H2,1-2H3. The van der Waals surface area contributed by atoms with E-state index >= 15 is 0 Å². The summed E-state index contributed by atoms with van der Waals surface area (Å²) in [6.07, 6.45) is 3.32. The molecule has 0 aliphatic carbocycles. The molecule has 1 amide bonds. The highest BCUT2D eigenvalue weighted by molar-refractivity contribution is 5.78. The first-order chi connectivity index (χ1) is 17.1. The highest BCUT2D eigenvalue weighted by Crippen LogP contribution is 2.27. The van der Waals surface area contributed by atoms with Crippen molar-refractivity contribution < 1.29 is 9.53 Å². The molecule has 0 spiro atoms. The van der Waals surface area contributed by atoms with E-state index in [-0.39, 0.29) is 12.5 Å². The second-order valence-corrected chi connectivity index (χ2v) is 8.60. The number of carbonyl (C=O) groups is 1. The van der Waals surface area contributed by atoms with Crippen molar-refractivity contribution in [2.24, 2.45) is 0 Å². The molecule has 0 N–H and O–H groups in total. The van der Waals surface area contributed by atoms with E-state index in [9.17, 15) is 4.79 Å². The molecule has 4 aromatic rings. The van der Waals surface area contributed by atoms with E-state index in [0.717, 1.165) is 22.5 Å². The van der Waals surface area contributed by atoms with Crippen LogP contribution < -0.4 is 9.64 Å². The van der Waals surface area contributed by atoms with Gasteiger partial charge in [-0.25, -0.2) is 9.97 Å². The summed E-state index contributed by atoms with van der Waals surface area (Å²) in [5, 5.41) is 4.84. The fraction of sp³-hybridized carbons (Fsp3) is 0.259. The number of amides is 1. The predicted molar refractivity (Wildman–Crippen MR) is 135 cm³/mol. The number of hydrogen-bond acceptors (Lipinski definition) is 6. The monoisotopic (exact) mass is 468 g/mol. The zero-order valence-corrected chi connectivity index (χ0v) is 20.0. The van der Waals surface area contributed by atoms with Crippen LogP contribution in [0.15, 0.2) is 73.1 Å². The minimum Gasteiger partial charge on any atom is -0.494 e. The van der Waals surface area contributed by atoms with Crippen LogP contribution in [-0.2, 0) is 11.3 Å². The van der Waals surface area contributed by atoms with Gasteiger partial charge in [-0.2, -0.15) is 5.10 Å². The van der Waals surface area contributed by atoms with Gasteiger partial charge < -0.3 is 14.5 Å². The van der Waals surface area contributed by atoms with Crippen molar-refractivity contribution >= 4 is 11.9 Å². The number of piperazine rings is 1. The third-order valence-corrected chi connectivity index (χ3v) is 6.21. The molecule has 1 aliphatic heterocycles. The lowest BCUT2D eigenvalue weighted by Crippen LogP contribution is -2.50. The molecule has 1 saturated heterocycles. The quantitative estimate of drug-likeness (QED) is 0.430. The van der Waals surface area contributed by atoms with Crippen LogP contribution in [0.5, 0.6) is 5.75 Å². The lowest BCUT2D eigenvalue weighted by molar-refractivity contribution is -0.132. The molecule has 3 heterocycles. The number of aryl methyl sites for hydroxylation is 1. The van der Waals surface area contributed by atoms with Crippen LogP contribution in [0.25, 0.3) is 22.5 Å². The van der Waals surface area contributed by atoms with E-state index in [1.807, 2.05) is 46.0 Å². The Morgan fingerprint density at radius 1 is 0.914 bits per heavy atom. The number of methoxy groups -OCH3 is 1. The third-order valence-electron chi connectivity index (χ3n) is 6.21. The van der Waals surface area contributed by atoms with Crippen molar-refractivity contribution in [1.29, 1.82) is 0 Å². The third kappa shape index (κ3) is 5.01. The molecule has 2 aromatic carbocycles. The Bertz CT molecular complexity index is 1300. The number of aromatic nitrogens is 4. The van der Waals surface area contributed by atoms with Gasteiger partial charge in [-0.15, -0.1) is 0 Å². The molecular weight excluding hydrogens is 440 g/mol. The zero-order valence-electron chi connectivity index (χ0n) is 20.0. The second kappa shape index (κ2) is 9.97. The number of rotatable bonds is 6. The molecule has 1 aliphatic rings. The maximum Gasteiger partial charge on any atom is 0.244 e. The van der Waals surface area contributed by atoms with Gasteiger partial charge >= 0.3 is 0 Å². The zero-order chi connectivity index (χ0) is 24.2. The summed E-state index contributed by atoms with van der Waals surface area (Å²) in [6, 6.07) is 20.4. The van der Waals surface area contributed by atoms with Crippen LogP contribution in [0.2, 0.25) is 0 Å². The van der Waals surface area contributed by atoms with Crippen molar-refractivity contribution in [3.63, 3.8) is 0 Å². The Balaban J connectivity index is 1.32. The molecule has 0 bridgehead atoms. The van der Waals surface area contributed by atoms with Crippen molar-refractivity contribution in [3.05, 3.63) is 78.6 Å². The normalized spacial score (nSPS) is 13.7. The molecule has 0 atom stereocenters. The number of hydrogen-bond donors (Lipinski definition) is 0. The fourth-order valence-corrected chi connectivity index (χ4v) is 4.29. The first-order valence-electron chi connectivity index (χ1n) is 11.7.